The van der Waals surface area contributed by atoms with Crippen LogP contribution in [0.25, 0.3) is 0 Å². The van der Waals surface area contributed by atoms with Crippen LogP contribution in [-0.2, 0) is 9.53 Å². The molecule has 0 radical (unpaired) electrons. The fourth-order valence-electron chi connectivity index (χ4n) is 3.07. The first-order valence-electron chi connectivity index (χ1n) is 6.24. The quantitative estimate of drug-likeness (QED) is 0.718. The molecular formula is C12H21NO3S. The third-order valence-corrected chi connectivity index (χ3v) is 5.40. The third-order valence-electron chi connectivity index (χ3n) is 4.14. The maximum Gasteiger partial charge on any atom is 0.314 e. The molecule has 0 aliphatic carbocycles. The molecule has 2 aliphatic rings. The van der Waals surface area contributed by atoms with Crippen molar-refractivity contribution in [3.05, 3.63) is 0 Å². The molecule has 5 heteroatoms. The Balaban J connectivity index is 2.27. The molecule has 1 unspecified atom stereocenters. The van der Waals surface area contributed by atoms with Crippen molar-refractivity contribution in [2.45, 2.75) is 31.3 Å². The fraction of sp³-hybridized carbons (Fsp3) is 0.917. The standard InChI is InChI=1S/C12H21NO3S/c1-16-10(14)11(4-6-13-7-5-11)12(15)3-2-8-17-9-12/h13,15H,2-9H2,1H3. The molecule has 1 atom stereocenters. The van der Waals surface area contributed by atoms with Crippen molar-refractivity contribution in [1.82, 2.24) is 5.32 Å². The lowest BCUT2D eigenvalue weighted by Crippen LogP contribution is -2.60. The van der Waals surface area contributed by atoms with Crippen LogP contribution in [0.4, 0.5) is 0 Å². The highest BCUT2D eigenvalue weighted by Gasteiger charge is 2.56. The summed E-state index contributed by atoms with van der Waals surface area (Å²) in [5, 5.41) is 14.1. The number of piperidine rings is 1. The molecule has 2 rings (SSSR count). The van der Waals surface area contributed by atoms with Gasteiger partial charge < -0.3 is 15.2 Å². The molecule has 2 saturated heterocycles. The summed E-state index contributed by atoms with van der Waals surface area (Å²) in [5.74, 6) is 1.50. The number of carbonyl (C=O) groups is 1. The van der Waals surface area contributed by atoms with E-state index in [4.69, 9.17) is 4.74 Å². The van der Waals surface area contributed by atoms with Crippen molar-refractivity contribution in [2.24, 2.45) is 5.41 Å². The number of hydrogen-bond acceptors (Lipinski definition) is 5. The number of carbonyl (C=O) groups excluding carboxylic acids is 1. The van der Waals surface area contributed by atoms with Crippen molar-refractivity contribution in [3.63, 3.8) is 0 Å². The van der Waals surface area contributed by atoms with Crippen molar-refractivity contribution in [2.75, 3.05) is 31.7 Å². The van der Waals surface area contributed by atoms with E-state index in [1.165, 1.54) is 7.11 Å². The zero-order chi connectivity index (χ0) is 12.4. The molecule has 0 aromatic rings. The Bertz CT molecular complexity index is 283. The Morgan fingerprint density at radius 3 is 2.59 bits per heavy atom. The van der Waals surface area contributed by atoms with E-state index in [0.29, 0.717) is 18.6 Å². The molecule has 2 N–H and O–H groups in total. The summed E-state index contributed by atoms with van der Waals surface area (Å²) < 4.78 is 4.98. The van der Waals surface area contributed by atoms with E-state index in [1.807, 2.05) is 0 Å². The van der Waals surface area contributed by atoms with Crippen molar-refractivity contribution >= 4 is 17.7 Å². The van der Waals surface area contributed by atoms with Crippen LogP contribution in [0, 0.1) is 5.41 Å². The Morgan fingerprint density at radius 2 is 2.06 bits per heavy atom. The van der Waals surface area contributed by atoms with E-state index in [9.17, 15) is 9.90 Å². The second-order valence-corrected chi connectivity index (χ2v) is 6.12. The van der Waals surface area contributed by atoms with Crippen LogP contribution in [0.3, 0.4) is 0 Å². The fourth-order valence-corrected chi connectivity index (χ4v) is 4.32. The summed E-state index contributed by atoms with van der Waals surface area (Å²) in [6.45, 7) is 1.56. The van der Waals surface area contributed by atoms with Crippen LogP contribution in [0.2, 0.25) is 0 Å². The first kappa shape index (κ1) is 13.2. The van der Waals surface area contributed by atoms with E-state index < -0.39 is 11.0 Å². The highest BCUT2D eigenvalue weighted by atomic mass is 32.2. The zero-order valence-corrected chi connectivity index (χ0v) is 11.1. The van der Waals surface area contributed by atoms with Crippen LogP contribution < -0.4 is 5.32 Å². The number of thioether (sulfide) groups is 1. The molecule has 0 saturated carbocycles. The SMILES string of the molecule is COC(=O)C1(C2(O)CCCSC2)CCNCC1. The zero-order valence-electron chi connectivity index (χ0n) is 10.3. The minimum Gasteiger partial charge on any atom is -0.469 e. The lowest BCUT2D eigenvalue weighted by atomic mass is 9.65. The van der Waals surface area contributed by atoms with Gasteiger partial charge in [0.05, 0.1) is 18.1 Å². The number of rotatable bonds is 2. The average molecular weight is 259 g/mol. The van der Waals surface area contributed by atoms with Crippen LogP contribution in [0.5, 0.6) is 0 Å². The van der Waals surface area contributed by atoms with Gasteiger partial charge in [-0.3, -0.25) is 4.79 Å². The molecule has 0 amide bonds. The van der Waals surface area contributed by atoms with Gasteiger partial charge in [0.15, 0.2) is 0 Å². The smallest absolute Gasteiger partial charge is 0.314 e. The Labute approximate surface area is 106 Å². The summed E-state index contributed by atoms with van der Waals surface area (Å²) in [4.78, 5) is 12.2. The average Bonchev–Trinajstić information content (AvgIpc) is 2.39. The third kappa shape index (κ3) is 2.20. The second kappa shape index (κ2) is 5.16. The monoisotopic (exact) mass is 259 g/mol. The molecular weight excluding hydrogens is 238 g/mol. The summed E-state index contributed by atoms with van der Waals surface area (Å²) in [7, 11) is 1.42. The van der Waals surface area contributed by atoms with Crippen molar-refractivity contribution < 1.29 is 14.6 Å². The van der Waals surface area contributed by atoms with Crippen molar-refractivity contribution in [1.29, 1.82) is 0 Å². The predicted octanol–water partition coefficient (Wildman–Crippen LogP) is 0.787. The summed E-state index contributed by atoms with van der Waals surface area (Å²) in [6, 6.07) is 0. The van der Waals surface area contributed by atoms with Gasteiger partial charge >= 0.3 is 5.97 Å². The maximum atomic E-state index is 12.2. The van der Waals surface area contributed by atoms with Gasteiger partial charge in [-0.1, -0.05) is 0 Å². The summed E-state index contributed by atoms with van der Waals surface area (Å²) >= 11 is 1.74. The molecule has 0 spiro atoms. The van der Waals surface area contributed by atoms with E-state index >= 15 is 0 Å². The van der Waals surface area contributed by atoms with E-state index in [0.717, 1.165) is 31.7 Å². The molecule has 2 heterocycles. The second-order valence-electron chi connectivity index (χ2n) is 5.01. The largest absolute Gasteiger partial charge is 0.469 e. The number of nitrogens with one attached hydrogen (secondary N) is 1. The summed E-state index contributed by atoms with van der Waals surface area (Å²) in [6.07, 6.45) is 3.05. The number of aliphatic hydroxyl groups is 1. The molecule has 98 valence electrons. The lowest BCUT2D eigenvalue weighted by molar-refractivity contribution is -0.176. The highest BCUT2D eigenvalue weighted by Crippen LogP contribution is 2.47. The van der Waals surface area contributed by atoms with Gasteiger partial charge in [0.2, 0.25) is 0 Å². The Hall–Kier alpha value is -0.260. The molecule has 17 heavy (non-hydrogen) atoms. The van der Waals surface area contributed by atoms with Gasteiger partial charge in [0.25, 0.3) is 0 Å². The number of esters is 1. The number of hydrogen-bond donors (Lipinski definition) is 2. The minimum atomic E-state index is -0.884. The lowest BCUT2D eigenvalue weighted by Gasteiger charge is -2.48. The molecule has 2 aliphatic heterocycles. The van der Waals surface area contributed by atoms with Gasteiger partial charge in [0.1, 0.15) is 0 Å². The van der Waals surface area contributed by atoms with E-state index in [-0.39, 0.29) is 5.97 Å². The number of methoxy groups -OCH3 is 1. The van der Waals surface area contributed by atoms with Crippen LogP contribution in [-0.4, -0.2) is 48.4 Å². The molecule has 4 nitrogen and oxygen atoms in total. The molecule has 0 aromatic heterocycles. The molecule has 2 fully saturated rings. The van der Waals surface area contributed by atoms with Crippen LogP contribution in [0.15, 0.2) is 0 Å². The minimum absolute atomic E-state index is 0.232. The Kier molecular flexibility index (Phi) is 4.00. The topological polar surface area (TPSA) is 58.6 Å². The van der Waals surface area contributed by atoms with Gasteiger partial charge in [0, 0.05) is 5.75 Å². The first-order valence-corrected chi connectivity index (χ1v) is 7.39. The van der Waals surface area contributed by atoms with Gasteiger partial charge in [-0.15, -0.1) is 0 Å². The maximum absolute atomic E-state index is 12.2. The van der Waals surface area contributed by atoms with Gasteiger partial charge in [-0.25, -0.2) is 0 Å². The summed E-state index contributed by atoms with van der Waals surface area (Å²) in [5.41, 5.74) is -1.58. The van der Waals surface area contributed by atoms with E-state index in [2.05, 4.69) is 5.32 Å². The van der Waals surface area contributed by atoms with Crippen LogP contribution >= 0.6 is 11.8 Å². The number of ether oxygens (including phenoxy) is 1. The Morgan fingerprint density at radius 1 is 1.35 bits per heavy atom. The highest BCUT2D eigenvalue weighted by molar-refractivity contribution is 7.99. The van der Waals surface area contributed by atoms with Crippen molar-refractivity contribution in [3.8, 4) is 0 Å². The van der Waals surface area contributed by atoms with E-state index in [1.54, 1.807) is 11.8 Å². The molecule has 0 aromatic carbocycles. The van der Waals surface area contributed by atoms with Gasteiger partial charge in [-0.2, -0.15) is 11.8 Å². The first-order chi connectivity index (χ1) is 8.15. The predicted molar refractivity (Wildman–Crippen MR) is 68.1 cm³/mol. The van der Waals surface area contributed by atoms with Crippen LogP contribution in [0.1, 0.15) is 25.7 Å². The van der Waals surface area contributed by atoms with Gasteiger partial charge in [-0.05, 0) is 44.5 Å². The normalized spacial score (nSPS) is 33.1. The molecule has 0 bridgehead atoms.